The number of methoxy groups -OCH3 is 2. The van der Waals surface area contributed by atoms with Crippen molar-refractivity contribution in [2.24, 2.45) is 11.1 Å². The van der Waals surface area contributed by atoms with Crippen LogP contribution >= 0.6 is 11.8 Å². The molecule has 1 saturated heterocycles. The molecule has 2 aromatic carbocycles. The van der Waals surface area contributed by atoms with E-state index in [1.54, 1.807) is 14.2 Å². The molecule has 8 nitrogen and oxygen atoms in total. The summed E-state index contributed by atoms with van der Waals surface area (Å²) in [7, 11) is 4.59. The summed E-state index contributed by atoms with van der Waals surface area (Å²) >= 11 is 1.83. The van der Waals surface area contributed by atoms with Crippen LogP contribution in [0.5, 0.6) is 11.5 Å². The van der Waals surface area contributed by atoms with Gasteiger partial charge < -0.3 is 24.7 Å². The van der Waals surface area contributed by atoms with Crippen LogP contribution in [0, 0.1) is 5.92 Å². The van der Waals surface area contributed by atoms with Crippen molar-refractivity contribution in [3.8, 4) is 22.6 Å². The Kier molecular flexibility index (Phi) is 9.21. The third-order valence-corrected chi connectivity index (χ3v) is 6.79. The molecule has 1 amide bonds. The maximum Gasteiger partial charge on any atom is 0.326 e. The second-order valence-corrected chi connectivity index (χ2v) is 9.10. The zero-order valence-electron chi connectivity index (χ0n) is 19.6. The van der Waals surface area contributed by atoms with Crippen LogP contribution in [0.2, 0.25) is 0 Å². The lowest BCUT2D eigenvalue weighted by Crippen LogP contribution is -2.47. The van der Waals surface area contributed by atoms with Crippen molar-refractivity contribution in [1.82, 2.24) is 5.32 Å². The van der Waals surface area contributed by atoms with Crippen molar-refractivity contribution in [2.45, 2.75) is 25.3 Å². The smallest absolute Gasteiger partial charge is 0.326 e. The number of carbonyl (C=O) groups excluding carboxylic acids is 1. The van der Waals surface area contributed by atoms with Gasteiger partial charge in [-0.15, -0.1) is 0 Å². The van der Waals surface area contributed by atoms with E-state index in [0.29, 0.717) is 11.5 Å². The molecule has 0 radical (unpaired) electrons. The molecule has 0 saturated carbocycles. The van der Waals surface area contributed by atoms with Gasteiger partial charge in [0.15, 0.2) is 0 Å². The molecule has 0 aliphatic carbocycles. The number of oxime groups is 1. The van der Waals surface area contributed by atoms with Gasteiger partial charge >= 0.3 is 5.97 Å². The predicted octanol–water partition coefficient (Wildman–Crippen LogP) is 3.63. The third-order valence-electron chi connectivity index (χ3n) is 5.75. The lowest BCUT2D eigenvalue weighted by Gasteiger charge is -2.23. The first kappa shape index (κ1) is 25.4. The predicted molar refractivity (Wildman–Crippen MR) is 133 cm³/mol. The van der Waals surface area contributed by atoms with Crippen LogP contribution in [0.4, 0.5) is 0 Å². The minimum absolute atomic E-state index is 0.0345. The molecule has 2 aromatic rings. The summed E-state index contributed by atoms with van der Waals surface area (Å²) in [4.78, 5) is 29.7. The number of nitrogens with one attached hydrogen (secondary N) is 1. The van der Waals surface area contributed by atoms with E-state index >= 15 is 0 Å². The zero-order chi connectivity index (χ0) is 24.5. The molecule has 182 valence electrons. The highest BCUT2D eigenvalue weighted by Gasteiger charge is 2.29. The summed E-state index contributed by atoms with van der Waals surface area (Å²) in [5.41, 5.74) is 2.80. The summed E-state index contributed by atoms with van der Waals surface area (Å²) in [5.74, 6) is 1.65. The topological polar surface area (TPSA) is 106 Å². The fourth-order valence-electron chi connectivity index (χ4n) is 3.90. The average Bonchev–Trinajstić information content (AvgIpc) is 2.87. The van der Waals surface area contributed by atoms with E-state index < -0.39 is 17.9 Å². The first-order chi connectivity index (χ1) is 16.5. The number of nitrogens with zero attached hydrogens (tertiary/aromatic N) is 1. The van der Waals surface area contributed by atoms with Crippen molar-refractivity contribution >= 4 is 29.4 Å². The SMILES string of the molecule is CON=C(C(=O)N[C@@H](Cc1ccc(-c2cc(OC)ccc2OC)cc1)C(=O)O)C1CCSCC1. The highest BCUT2D eigenvalue weighted by atomic mass is 32.2. The Labute approximate surface area is 203 Å². The molecule has 0 unspecified atom stereocenters. The number of rotatable bonds is 10. The molecule has 9 heteroatoms. The Morgan fingerprint density at radius 3 is 2.38 bits per heavy atom. The molecule has 1 aliphatic heterocycles. The first-order valence-electron chi connectivity index (χ1n) is 11.0. The number of amides is 1. The van der Waals surface area contributed by atoms with E-state index in [4.69, 9.17) is 14.3 Å². The maximum absolute atomic E-state index is 12.9. The lowest BCUT2D eigenvalue weighted by molar-refractivity contribution is -0.141. The van der Waals surface area contributed by atoms with E-state index in [0.717, 1.165) is 41.0 Å². The van der Waals surface area contributed by atoms with Gasteiger partial charge in [0, 0.05) is 17.9 Å². The van der Waals surface area contributed by atoms with Crippen LogP contribution < -0.4 is 14.8 Å². The fourth-order valence-corrected chi connectivity index (χ4v) is 5.01. The number of carbonyl (C=O) groups is 2. The van der Waals surface area contributed by atoms with Crippen molar-refractivity contribution in [3.63, 3.8) is 0 Å². The quantitative estimate of drug-likeness (QED) is 0.390. The number of hydrogen-bond acceptors (Lipinski definition) is 7. The molecule has 2 N–H and O–H groups in total. The van der Waals surface area contributed by atoms with Crippen LogP contribution in [0.15, 0.2) is 47.6 Å². The molecule has 0 spiro atoms. The largest absolute Gasteiger partial charge is 0.497 e. The highest BCUT2D eigenvalue weighted by Crippen LogP contribution is 2.33. The van der Waals surface area contributed by atoms with Gasteiger partial charge in [-0.3, -0.25) is 4.79 Å². The van der Waals surface area contributed by atoms with Crippen LogP contribution in [0.1, 0.15) is 18.4 Å². The van der Waals surface area contributed by atoms with Gasteiger partial charge in [0.2, 0.25) is 0 Å². The minimum Gasteiger partial charge on any atom is -0.497 e. The molecule has 0 bridgehead atoms. The lowest BCUT2D eigenvalue weighted by atomic mass is 9.95. The van der Waals surface area contributed by atoms with E-state index in [-0.39, 0.29) is 18.1 Å². The summed E-state index contributed by atoms with van der Waals surface area (Å²) in [6, 6.07) is 11.9. The number of ether oxygens (including phenoxy) is 2. The first-order valence-corrected chi connectivity index (χ1v) is 12.2. The van der Waals surface area contributed by atoms with Crippen molar-refractivity contribution in [3.05, 3.63) is 48.0 Å². The van der Waals surface area contributed by atoms with Gasteiger partial charge in [-0.25, -0.2) is 4.79 Å². The van der Waals surface area contributed by atoms with Gasteiger partial charge in [0.1, 0.15) is 30.4 Å². The van der Waals surface area contributed by atoms with Crippen molar-refractivity contribution in [2.75, 3.05) is 32.8 Å². The molecule has 1 heterocycles. The third kappa shape index (κ3) is 6.44. The van der Waals surface area contributed by atoms with Gasteiger partial charge in [-0.2, -0.15) is 11.8 Å². The van der Waals surface area contributed by atoms with E-state index in [1.165, 1.54) is 7.11 Å². The minimum atomic E-state index is -1.11. The number of carboxylic acids is 1. The molecule has 1 aliphatic rings. The summed E-state index contributed by atoms with van der Waals surface area (Å²) in [5, 5.41) is 16.3. The van der Waals surface area contributed by atoms with Crippen LogP contribution in [-0.2, 0) is 20.8 Å². The molecule has 3 rings (SSSR count). The molecule has 0 aromatic heterocycles. The fraction of sp³-hybridized carbons (Fsp3) is 0.400. The number of hydrogen-bond donors (Lipinski definition) is 2. The average molecular weight is 487 g/mol. The Morgan fingerprint density at radius 2 is 1.79 bits per heavy atom. The van der Waals surface area contributed by atoms with Crippen molar-refractivity contribution < 1.29 is 29.0 Å². The number of thioether (sulfide) groups is 1. The van der Waals surface area contributed by atoms with Gasteiger partial charge in [0.05, 0.1) is 14.2 Å². The Morgan fingerprint density at radius 1 is 1.09 bits per heavy atom. The normalized spacial score (nSPS) is 15.3. The number of benzene rings is 2. The monoisotopic (exact) mass is 486 g/mol. The number of aliphatic carboxylic acids is 1. The summed E-state index contributed by atoms with van der Waals surface area (Å²) < 4.78 is 10.8. The highest BCUT2D eigenvalue weighted by molar-refractivity contribution is 7.99. The van der Waals surface area contributed by atoms with Crippen molar-refractivity contribution in [1.29, 1.82) is 0 Å². The van der Waals surface area contributed by atoms with Gasteiger partial charge in [-0.1, -0.05) is 29.4 Å². The molecule has 1 atom stereocenters. The van der Waals surface area contributed by atoms with Crippen LogP contribution in [0.3, 0.4) is 0 Å². The standard InChI is InChI=1S/C25H30N2O6S/c1-31-19-8-9-22(32-2)20(15-19)17-6-4-16(5-7-17)14-21(25(29)30)26-24(28)23(27-33-3)18-10-12-34-13-11-18/h4-9,15,18,21H,10-14H2,1-3H3,(H,26,28)(H,29,30)/t21-/m0/s1. The molecule has 34 heavy (non-hydrogen) atoms. The summed E-state index contributed by atoms with van der Waals surface area (Å²) in [6.45, 7) is 0. The van der Waals surface area contributed by atoms with E-state index in [1.807, 2.05) is 54.2 Å². The zero-order valence-corrected chi connectivity index (χ0v) is 20.4. The Balaban J connectivity index is 1.74. The van der Waals surface area contributed by atoms with E-state index in [2.05, 4.69) is 10.5 Å². The van der Waals surface area contributed by atoms with Crippen LogP contribution in [0.25, 0.3) is 11.1 Å². The van der Waals surface area contributed by atoms with E-state index in [9.17, 15) is 14.7 Å². The molecule has 1 fully saturated rings. The number of carboxylic acid groups (broad SMARTS) is 1. The Bertz CT molecular complexity index is 1020. The summed E-state index contributed by atoms with van der Waals surface area (Å²) in [6.07, 6.45) is 1.76. The van der Waals surface area contributed by atoms with Gasteiger partial charge in [0.25, 0.3) is 5.91 Å². The molecular weight excluding hydrogens is 456 g/mol. The second-order valence-electron chi connectivity index (χ2n) is 7.88. The second kappa shape index (κ2) is 12.3. The van der Waals surface area contributed by atoms with Gasteiger partial charge in [-0.05, 0) is 53.7 Å². The maximum atomic E-state index is 12.9. The molecular formula is C25H30N2O6S. The Hall–Kier alpha value is -3.20. The van der Waals surface area contributed by atoms with Crippen LogP contribution in [-0.4, -0.2) is 61.6 Å².